The number of nitrogens with one attached hydrogen (secondary N) is 1. The Morgan fingerprint density at radius 2 is 1.62 bits per heavy atom. The number of amides is 1. The zero-order chi connectivity index (χ0) is 20.1. The van der Waals surface area contributed by atoms with E-state index in [0.29, 0.717) is 6.54 Å². The van der Waals surface area contributed by atoms with Crippen LogP contribution in [0, 0.1) is 0 Å². The molecule has 1 amide bonds. The van der Waals surface area contributed by atoms with E-state index in [1.165, 1.54) is 16.7 Å². The predicted octanol–water partition coefficient (Wildman–Crippen LogP) is 3.41. The van der Waals surface area contributed by atoms with Crippen LogP contribution in [0.1, 0.15) is 22.3 Å². The number of carbonyl (C=O) groups is 1. The summed E-state index contributed by atoms with van der Waals surface area (Å²) in [5.41, 5.74) is 4.33. The van der Waals surface area contributed by atoms with E-state index in [-0.39, 0.29) is 5.91 Å². The highest BCUT2D eigenvalue weighted by Gasteiger charge is 2.46. The summed E-state index contributed by atoms with van der Waals surface area (Å²) in [6, 6.07) is 22.8. The molecule has 4 rings (SSSR count). The standard InChI is InChI=1S/C25H27N3O/c1-28(19-21-8-3-2-4-9-21)25(16-22-11-5-6-12-23(22)17-25)24(29)27-15-13-20-10-7-14-26-18-20/h2-12,14,18H,13,15-17,19H2,1H3,(H,27,29). The summed E-state index contributed by atoms with van der Waals surface area (Å²) in [6.07, 6.45) is 5.89. The molecular formula is C25H27N3O. The minimum absolute atomic E-state index is 0.107. The largest absolute Gasteiger partial charge is 0.354 e. The maximum atomic E-state index is 13.5. The highest BCUT2D eigenvalue weighted by molar-refractivity contribution is 5.88. The summed E-state index contributed by atoms with van der Waals surface area (Å²) in [5, 5.41) is 3.21. The SMILES string of the molecule is CN(Cc1ccccc1)C1(C(=O)NCCc2cccnc2)Cc2ccccc2C1. The van der Waals surface area contributed by atoms with Crippen LogP contribution in [0.2, 0.25) is 0 Å². The van der Waals surface area contributed by atoms with Crippen LogP contribution >= 0.6 is 0 Å². The Kier molecular flexibility index (Phi) is 5.72. The average molecular weight is 386 g/mol. The summed E-state index contributed by atoms with van der Waals surface area (Å²) in [6.45, 7) is 1.35. The number of carbonyl (C=O) groups excluding carboxylic acids is 1. The molecule has 0 spiro atoms. The molecule has 0 fully saturated rings. The number of hydrogen-bond acceptors (Lipinski definition) is 3. The van der Waals surface area contributed by atoms with Crippen molar-refractivity contribution in [3.8, 4) is 0 Å². The molecule has 1 aromatic heterocycles. The number of pyridine rings is 1. The Bertz CT molecular complexity index is 931. The van der Waals surface area contributed by atoms with Crippen molar-refractivity contribution in [2.24, 2.45) is 0 Å². The van der Waals surface area contributed by atoms with Gasteiger partial charge in [0.2, 0.25) is 5.91 Å². The third kappa shape index (κ3) is 4.22. The Balaban J connectivity index is 1.51. The average Bonchev–Trinajstić information content (AvgIpc) is 3.16. The molecule has 0 saturated heterocycles. The molecular weight excluding hydrogens is 358 g/mol. The number of aromatic nitrogens is 1. The lowest BCUT2D eigenvalue weighted by molar-refractivity contribution is -0.132. The quantitative estimate of drug-likeness (QED) is 0.678. The molecule has 0 saturated carbocycles. The van der Waals surface area contributed by atoms with Crippen LogP contribution in [-0.2, 0) is 30.6 Å². The fourth-order valence-corrected chi connectivity index (χ4v) is 4.24. The first-order chi connectivity index (χ1) is 14.2. The van der Waals surface area contributed by atoms with Crippen molar-refractivity contribution < 1.29 is 4.79 Å². The van der Waals surface area contributed by atoms with Crippen molar-refractivity contribution in [3.63, 3.8) is 0 Å². The van der Waals surface area contributed by atoms with Crippen LogP contribution < -0.4 is 5.32 Å². The first-order valence-electron chi connectivity index (χ1n) is 10.2. The first-order valence-corrected chi connectivity index (χ1v) is 10.2. The fraction of sp³-hybridized carbons (Fsp3) is 0.280. The van der Waals surface area contributed by atoms with Crippen molar-refractivity contribution >= 4 is 5.91 Å². The van der Waals surface area contributed by atoms with Gasteiger partial charge in [-0.05, 0) is 41.8 Å². The Labute approximate surface area is 172 Å². The highest BCUT2D eigenvalue weighted by atomic mass is 16.2. The van der Waals surface area contributed by atoms with Crippen LogP contribution in [0.25, 0.3) is 0 Å². The van der Waals surface area contributed by atoms with E-state index in [9.17, 15) is 4.79 Å². The lowest BCUT2D eigenvalue weighted by Crippen LogP contribution is -2.58. The molecule has 29 heavy (non-hydrogen) atoms. The van der Waals surface area contributed by atoms with Crippen LogP contribution in [-0.4, -0.2) is 34.9 Å². The van der Waals surface area contributed by atoms with Gasteiger partial charge in [-0.1, -0.05) is 60.7 Å². The van der Waals surface area contributed by atoms with E-state index in [1.807, 2.05) is 36.5 Å². The van der Waals surface area contributed by atoms with Gasteiger partial charge in [-0.2, -0.15) is 0 Å². The molecule has 0 atom stereocenters. The van der Waals surface area contributed by atoms with Gasteiger partial charge in [-0.3, -0.25) is 14.7 Å². The monoisotopic (exact) mass is 385 g/mol. The van der Waals surface area contributed by atoms with Crippen molar-refractivity contribution in [1.29, 1.82) is 0 Å². The van der Waals surface area contributed by atoms with Gasteiger partial charge in [0, 0.05) is 38.3 Å². The molecule has 0 radical (unpaired) electrons. The van der Waals surface area contributed by atoms with Gasteiger partial charge in [0.05, 0.1) is 0 Å². The Morgan fingerprint density at radius 1 is 0.966 bits per heavy atom. The number of hydrogen-bond donors (Lipinski definition) is 1. The van der Waals surface area contributed by atoms with Crippen molar-refractivity contribution in [2.45, 2.75) is 31.3 Å². The fourth-order valence-electron chi connectivity index (χ4n) is 4.24. The van der Waals surface area contributed by atoms with Crippen LogP contribution in [0.4, 0.5) is 0 Å². The van der Waals surface area contributed by atoms with Gasteiger partial charge >= 0.3 is 0 Å². The van der Waals surface area contributed by atoms with Crippen molar-refractivity contribution in [3.05, 3.63) is 101 Å². The summed E-state index contributed by atoms with van der Waals surface area (Å²) in [4.78, 5) is 19.9. The second-order valence-corrected chi connectivity index (χ2v) is 7.86. The van der Waals surface area contributed by atoms with E-state index in [4.69, 9.17) is 0 Å². The van der Waals surface area contributed by atoms with E-state index >= 15 is 0 Å². The van der Waals surface area contributed by atoms with Gasteiger partial charge < -0.3 is 5.32 Å². The van der Waals surface area contributed by atoms with Gasteiger partial charge in [0.1, 0.15) is 5.54 Å². The Morgan fingerprint density at radius 3 is 2.28 bits per heavy atom. The lowest BCUT2D eigenvalue weighted by atomic mass is 9.91. The van der Waals surface area contributed by atoms with Crippen LogP contribution in [0.15, 0.2) is 79.1 Å². The molecule has 2 aromatic carbocycles. The van der Waals surface area contributed by atoms with E-state index in [1.54, 1.807) is 6.20 Å². The molecule has 0 aliphatic heterocycles. The van der Waals surface area contributed by atoms with Crippen molar-refractivity contribution in [1.82, 2.24) is 15.2 Å². The second kappa shape index (κ2) is 8.58. The maximum absolute atomic E-state index is 13.5. The number of fused-ring (bicyclic) bond motifs is 1. The molecule has 1 aliphatic rings. The predicted molar refractivity (Wildman–Crippen MR) is 115 cm³/mol. The minimum atomic E-state index is -0.561. The van der Waals surface area contributed by atoms with Gasteiger partial charge in [0.25, 0.3) is 0 Å². The summed E-state index contributed by atoms with van der Waals surface area (Å²) >= 11 is 0. The summed E-state index contributed by atoms with van der Waals surface area (Å²) in [7, 11) is 2.07. The van der Waals surface area contributed by atoms with Gasteiger partial charge in [0.15, 0.2) is 0 Å². The lowest BCUT2D eigenvalue weighted by Gasteiger charge is -2.37. The molecule has 4 heteroatoms. The molecule has 0 unspecified atom stereocenters. The third-order valence-electron chi connectivity index (χ3n) is 5.92. The van der Waals surface area contributed by atoms with E-state index < -0.39 is 5.54 Å². The number of nitrogens with zero attached hydrogens (tertiary/aromatic N) is 2. The van der Waals surface area contributed by atoms with E-state index in [0.717, 1.165) is 31.4 Å². The normalized spacial score (nSPS) is 14.6. The molecule has 0 bridgehead atoms. The van der Waals surface area contributed by atoms with Crippen LogP contribution in [0.5, 0.6) is 0 Å². The number of likely N-dealkylation sites (N-methyl/N-ethyl adjacent to an activating group) is 1. The summed E-state index contributed by atoms with van der Waals surface area (Å²) in [5.74, 6) is 0.107. The van der Waals surface area contributed by atoms with Crippen molar-refractivity contribution in [2.75, 3.05) is 13.6 Å². The highest BCUT2D eigenvalue weighted by Crippen LogP contribution is 2.35. The van der Waals surface area contributed by atoms with Crippen LogP contribution in [0.3, 0.4) is 0 Å². The number of rotatable bonds is 7. The molecule has 1 aliphatic carbocycles. The zero-order valence-electron chi connectivity index (χ0n) is 16.8. The van der Waals surface area contributed by atoms with Gasteiger partial charge in [-0.25, -0.2) is 0 Å². The second-order valence-electron chi connectivity index (χ2n) is 7.86. The molecule has 148 valence electrons. The van der Waals surface area contributed by atoms with Gasteiger partial charge in [-0.15, -0.1) is 0 Å². The number of benzene rings is 2. The zero-order valence-corrected chi connectivity index (χ0v) is 16.8. The third-order valence-corrected chi connectivity index (χ3v) is 5.92. The molecule has 3 aromatic rings. The van der Waals surface area contributed by atoms with E-state index in [2.05, 4.69) is 58.6 Å². The molecule has 4 nitrogen and oxygen atoms in total. The molecule has 1 N–H and O–H groups in total. The maximum Gasteiger partial charge on any atom is 0.241 e. The topological polar surface area (TPSA) is 45.2 Å². The summed E-state index contributed by atoms with van der Waals surface area (Å²) < 4.78 is 0. The first kappa shape index (κ1) is 19.3. The smallest absolute Gasteiger partial charge is 0.241 e. The molecule has 1 heterocycles. The Hall–Kier alpha value is -2.98. The minimum Gasteiger partial charge on any atom is -0.354 e.